The van der Waals surface area contributed by atoms with Crippen LogP contribution in [0.4, 0.5) is 5.69 Å². The predicted molar refractivity (Wildman–Crippen MR) is 79.7 cm³/mol. The summed E-state index contributed by atoms with van der Waals surface area (Å²) in [7, 11) is 0. The lowest BCUT2D eigenvalue weighted by molar-refractivity contribution is -0.123. The smallest absolute Gasteiger partial charge is 0.244 e. The minimum Gasteiger partial charge on any atom is -0.321 e. The molecule has 0 aliphatic carbocycles. The maximum Gasteiger partial charge on any atom is 0.244 e. The summed E-state index contributed by atoms with van der Waals surface area (Å²) in [5.74, 6) is -0.354. The van der Waals surface area contributed by atoms with E-state index in [1.165, 1.54) is 0 Å². The molecule has 0 aliphatic heterocycles. The van der Waals surface area contributed by atoms with Crippen molar-refractivity contribution in [2.75, 3.05) is 5.32 Å². The fourth-order valence-corrected chi connectivity index (χ4v) is 2.70. The Bertz CT molecular complexity index is 687. The van der Waals surface area contributed by atoms with Gasteiger partial charge >= 0.3 is 0 Å². The summed E-state index contributed by atoms with van der Waals surface area (Å²) in [5.41, 5.74) is 0.596. The molecule has 2 rings (SSSR count). The van der Waals surface area contributed by atoms with Crippen LogP contribution in [0.3, 0.4) is 0 Å². The first-order valence-corrected chi connectivity index (χ1v) is 7.32. The summed E-state index contributed by atoms with van der Waals surface area (Å²) in [4.78, 5) is 12.4. The van der Waals surface area contributed by atoms with Crippen molar-refractivity contribution in [1.82, 2.24) is 8.75 Å². The Morgan fingerprint density at radius 2 is 2.15 bits per heavy atom. The highest BCUT2D eigenvalue weighted by Crippen LogP contribution is 2.33. The third-order valence-electron chi connectivity index (χ3n) is 3.47. The van der Waals surface area contributed by atoms with Crippen molar-refractivity contribution in [1.29, 1.82) is 5.26 Å². The molecule has 7 heteroatoms. The number of carbonyl (C=O) groups excluding carboxylic acids is 1. The highest BCUT2D eigenvalue weighted by atomic mass is 35.5. The molecule has 1 N–H and O–H groups in total. The van der Waals surface area contributed by atoms with Gasteiger partial charge in [-0.1, -0.05) is 25.4 Å². The van der Waals surface area contributed by atoms with E-state index in [2.05, 4.69) is 20.1 Å². The molecule has 1 heterocycles. The number of nitriles is 1. The van der Waals surface area contributed by atoms with Gasteiger partial charge in [-0.2, -0.15) is 14.0 Å². The van der Waals surface area contributed by atoms with E-state index in [9.17, 15) is 10.1 Å². The topological polar surface area (TPSA) is 78.7 Å². The number of nitrogens with zero attached hydrogens (tertiary/aromatic N) is 3. The summed E-state index contributed by atoms with van der Waals surface area (Å²) in [5, 5.41) is 12.4. The van der Waals surface area contributed by atoms with Crippen LogP contribution in [0.5, 0.6) is 0 Å². The van der Waals surface area contributed by atoms with Crippen LogP contribution in [0.25, 0.3) is 11.0 Å². The second-order valence-corrected chi connectivity index (χ2v) is 5.35. The van der Waals surface area contributed by atoms with Crippen LogP contribution in [0.15, 0.2) is 12.1 Å². The molecule has 1 aromatic carbocycles. The van der Waals surface area contributed by atoms with Gasteiger partial charge in [-0.15, -0.1) is 0 Å². The number of rotatable bonds is 4. The van der Waals surface area contributed by atoms with E-state index in [0.717, 1.165) is 11.7 Å². The monoisotopic (exact) mass is 308 g/mol. The Morgan fingerprint density at radius 1 is 1.45 bits per heavy atom. The Balaban J connectivity index is 2.42. The van der Waals surface area contributed by atoms with Crippen LogP contribution in [-0.2, 0) is 4.79 Å². The van der Waals surface area contributed by atoms with Crippen molar-refractivity contribution < 1.29 is 4.79 Å². The number of amides is 1. The van der Waals surface area contributed by atoms with E-state index in [4.69, 9.17) is 11.6 Å². The lowest BCUT2D eigenvalue weighted by Gasteiger charge is -2.22. The zero-order valence-electron chi connectivity index (χ0n) is 11.1. The molecule has 0 fully saturated rings. The molecular formula is C13H13ClN4OS. The molecule has 1 amide bonds. The third-order valence-corrected chi connectivity index (χ3v) is 4.33. The van der Waals surface area contributed by atoms with Crippen LogP contribution < -0.4 is 5.32 Å². The van der Waals surface area contributed by atoms with Crippen molar-refractivity contribution in [2.24, 2.45) is 5.41 Å². The number of benzene rings is 1. The van der Waals surface area contributed by atoms with Gasteiger partial charge in [0.15, 0.2) is 0 Å². The highest BCUT2D eigenvalue weighted by Gasteiger charge is 2.35. The standard InChI is InChI=1S/C13H13ClN4OS/c1-3-13(4-2,7-15)12(19)16-10-8(14)5-6-9-11(10)18-20-17-9/h5-6H,3-4H2,1-2H3,(H,16,19). The van der Waals surface area contributed by atoms with Gasteiger partial charge in [0.05, 0.1) is 28.5 Å². The number of halogens is 1. The summed E-state index contributed by atoms with van der Waals surface area (Å²) in [6, 6.07) is 5.51. The van der Waals surface area contributed by atoms with Crippen LogP contribution in [0, 0.1) is 16.7 Å². The fraction of sp³-hybridized carbons (Fsp3) is 0.385. The van der Waals surface area contributed by atoms with Gasteiger partial charge in [0, 0.05) is 0 Å². The Hall–Kier alpha value is -1.71. The largest absolute Gasteiger partial charge is 0.321 e. The number of nitrogens with one attached hydrogen (secondary N) is 1. The molecule has 104 valence electrons. The zero-order valence-corrected chi connectivity index (χ0v) is 12.7. The van der Waals surface area contributed by atoms with Crippen molar-refractivity contribution in [3.8, 4) is 6.07 Å². The third kappa shape index (κ3) is 2.35. The maximum atomic E-state index is 12.4. The zero-order chi connectivity index (χ0) is 14.8. The molecular weight excluding hydrogens is 296 g/mol. The van der Waals surface area contributed by atoms with E-state index in [1.54, 1.807) is 12.1 Å². The number of hydrogen-bond donors (Lipinski definition) is 1. The molecule has 1 aromatic heterocycles. The molecule has 0 atom stereocenters. The van der Waals surface area contributed by atoms with Gasteiger partial charge in [-0.3, -0.25) is 4.79 Å². The minimum absolute atomic E-state index is 0.354. The number of anilines is 1. The molecule has 0 bridgehead atoms. The summed E-state index contributed by atoms with van der Waals surface area (Å²) >= 11 is 7.18. The van der Waals surface area contributed by atoms with E-state index in [0.29, 0.717) is 34.6 Å². The summed E-state index contributed by atoms with van der Waals surface area (Å²) in [6.45, 7) is 3.64. The first kappa shape index (κ1) is 14.7. The van der Waals surface area contributed by atoms with Crippen LogP contribution in [0.1, 0.15) is 26.7 Å². The number of fused-ring (bicyclic) bond motifs is 1. The van der Waals surface area contributed by atoms with Gasteiger partial charge in [0.25, 0.3) is 0 Å². The second kappa shape index (κ2) is 5.73. The Labute approximate surface area is 125 Å². The quantitative estimate of drug-likeness (QED) is 0.935. The summed E-state index contributed by atoms with van der Waals surface area (Å²) < 4.78 is 8.25. The molecule has 0 spiro atoms. The normalized spacial score (nSPS) is 11.3. The second-order valence-electron chi connectivity index (χ2n) is 4.41. The number of carbonyl (C=O) groups is 1. The SMILES string of the molecule is CCC(C#N)(CC)C(=O)Nc1c(Cl)ccc2nsnc12. The van der Waals surface area contributed by atoms with Gasteiger partial charge < -0.3 is 5.32 Å². The molecule has 20 heavy (non-hydrogen) atoms. The Kier molecular flexibility index (Phi) is 4.21. The number of aromatic nitrogens is 2. The highest BCUT2D eigenvalue weighted by molar-refractivity contribution is 7.00. The van der Waals surface area contributed by atoms with Gasteiger partial charge in [-0.25, -0.2) is 0 Å². The Morgan fingerprint density at radius 3 is 2.75 bits per heavy atom. The lowest BCUT2D eigenvalue weighted by Crippen LogP contribution is -2.34. The lowest BCUT2D eigenvalue weighted by atomic mass is 9.83. The van der Waals surface area contributed by atoms with Crippen molar-refractivity contribution in [3.05, 3.63) is 17.2 Å². The first-order valence-electron chi connectivity index (χ1n) is 6.21. The van der Waals surface area contributed by atoms with E-state index >= 15 is 0 Å². The van der Waals surface area contributed by atoms with E-state index in [-0.39, 0.29) is 5.91 Å². The van der Waals surface area contributed by atoms with Crippen LogP contribution in [-0.4, -0.2) is 14.7 Å². The maximum absolute atomic E-state index is 12.4. The van der Waals surface area contributed by atoms with Crippen molar-refractivity contribution in [2.45, 2.75) is 26.7 Å². The van der Waals surface area contributed by atoms with Crippen molar-refractivity contribution >= 4 is 46.0 Å². The molecule has 0 saturated carbocycles. The van der Waals surface area contributed by atoms with E-state index < -0.39 is 5.41 Å². The fourth-order valence-electron chi connectivity index (χ4n) is 1.96. The first-order chi connectivity index (χ1) is 9.57. The van der Waals surface area contributed by atoms with Gasteiger partial charge in [0.1, 0.15) is 16.4 Å². The van der Waals surface area contributed by atoms with Crippen LogP contribution in [0.2, 0.25) is 5.02 Å². The van der Waals surface area contributed by atoms with Crippen LogP contribution >= 0.6 is 23.3 Å². The van der Waals surface area contributed by atoms with Crippen molar-refractivity contribution in [3.63, 3.8) is 0 Å². The number of hydrogen-bond acceptors (Lipinski definition) is 5. The molecule has 0 unspecified atom stereocenters. The average molecular weight is 309 g/mol. The van der Waals surface area contributed by atoms with E-state index in [1.807, 2.05) is 13.8 Å². The molecule has 5 nitrogen and oxygen atoms in total. The van der Waals surface area contributed by atoms with Gasteiger partial charge in [-0.05, 0) is 25.0 Å². The summed E-state index contributed by atoms with van der Waals surface area (Å²) in [6.07, 6.45) is 0.878. The molecule has 2 aromatic rings. The minimum atomic E-state index is -1.05. The van der Waals surface area contributed by atoms with Gasteiger partial charge in [0.2, 0.25) is 5.91 Å². The molecule has 0 aliphatic rings. The molecule has 0 saturated heterocycles. The molecule has 0 radical (unpaired) electrons. The average Bonchev–Trinajstić information content (AvgIpc) is 2.93. The predicted octanol–water partition coefficient (Wildman–Crippen LogP) is 3.61.